The SMILES string of the molecule is CCN(CC(=O)O)C1CC(NC(=O)c2cnn3c2[nH]c(=O)c2ccccc23)C1. The van der Waals surface area contributed by atoms with Gasteiger partial charge in [0.15, 0.2) is 0 Å². The van der Waals surface area contributed by atoms with E-state index in [2.05, 4.69) is 15.4 Å². The summed E-state index contributed by atoms with van der Waals surface area (Å²) in [5.74, 6) is -1.15. The van der Waals surface area contributed by atoms with Crippen LogP contribution in [0.3, 0.4) is 0 Å². The minimum absolute atomic E-state index is 0.00416. The Morgan fingerprint density at radius 3 is 2.82 bits per heavy atom. The summed E-state index contributed by atoms with van der Waals surface area (Å²) in [7, 11) is 0. The number of benzene rings is 1. The van der Waals surface area contributed by atoms with Gasteiger partial charge in [-0.15, -0.1) is 0 Å². The Kier molecular flexibility index (Phi) is 4.60. The second-order valence-corrected chi connectivity index (χ2v) is 7.04. The highest BCUT2D eigenvalue weighted by Gasteiger charge is 2.35. The van der Waals surface area contributed by atoms with E-state index in [1.165, 1.54) is 6.20 Å². The van der Waals surface area contributed by atoms with Gasteiger partial charge >= 0.3 is 5.97 Å². The van der Waals surface area contributed by atoms with Crippen LogP contribution in [0.25, 0.3) is 16.6 Å². The van der Waals surface area contributed by atoms with Crippen molar-refractivity contribution < 1.29 is 14.7 Å². The number of aromatic amines is 1. The molecule has 0 radical (unpaired) electrons. The first kappa shape index (κ1) is 18.2. The first-order valence-corrected chi connectivity index (χ1v) is 9.23. The van der Waals surface area contributed by atoms with Gasteiger partial charge in [0.2, 0.25) is 0 Å². The number of hydrogen-bond donors (Lipinski definition) is 3. The molecule has 1 saturated carbocycles. The van der Waals surface area contributed by atoms with Gasteiger partial charge in [-0.2, -0.15) is 5.10 Å². The third-order valence-electron chi connectivity index (χ3n) is 5.33. The summed E-state index contributed by atoms with van der Waals surface area (Å²) < 4.78 is 1.56. The lowest BCUT2D eigenvalue weighted by Gasteiger charge is -2.42. The third kappa shape index (κ3) is 3.13. The van der Waals surface area contributed by atoms with Crippen molar-refractivity contribution in [3.8, 4) is 0 Å². The lowest BCUT2D eigenvalue weighted by Crippen LogP contribution is -2.54. The van der Waals surface area contributed by atoms with E-state index in [1.54, 1.807) is 22.7 Å². The van der Waals surface area contributed by atoms with E-state index in [1.807, 2.05) is 17.9 Å². The molecule has 1 aliphatic carbocycles. The molecule has 0 spiro atoms. The summed E-state index contributed by atoms with van der Waals surface area (Å²) in [4.78, 5) is 40.6. The van der Waals surface area contributed by atoms with Crippen LogP contribution in [-0.4, -0.2) is 61.7 Å². The Morgan fingerprint density at radius 2 is 2.11 bits per heavy atom. The van der Waals surface area contributed by atoms with Crippen molar-refractivity contribution in [1.82, 2.24) is 24.8 Å². The molecular weight excluding hydrogens is 362 g/mol. The number of likely N-dealkylation sites (N-methyl/N-ethyl adjacent to an activating group) is 1. The topological polar surface area (TPSA) is 120 Å². The van der Waals surface area contributed by atoms with Crippen molar-refractivity contribution in [1.29, 1.82) is 0 Å². The van der Waals surface area contributed by atoms with Crippen molar-refractivity contribution in [3.63, 3.8) is 0 Å². The van der Waals surface area contributed by atoms with Crippen LogP contribution in [0.2, 0.25) is 0 Å². The lowest BCUT2D eigenvalue weighted by atomic mass is 9.85. The molecule has 9 heteroatoms. The minimum atomic E-state index is -0.850. The number of carbonyl (C=O) groups excluding carboxylic acids is 1. The zero-order valence-electron chi connectivity index (χ0n) is 15.4. The van der Waals surface area contributed by atoms with E-state index in [9.17, 15) is 14.4 Å². The number of fused-ring (bicyclic) bond motifs is 3. The molecule has 4 rings (SSSR count). The zero-order chi connectivity index (χ0) is 19.8. The first-order valence-electron chi connectivity index (χ1n) is 9.23. The summed E-state index contributed by atoms with van der Waals surface area (Å²) in [6, 6.07) is 7.21. The molecule has 3 N–H and O–H groups in total. The van der Waals surface area contributed by atoms with Crippen LogP contribution in [0, 0.1) is 0 Å². The molecular formula is C19H21N5O4. The monoisotopic (exact) mass is 383 g/mol. The Balaban J connectivity index is 1.50. The van der Waals surface area contributed by atoms with Crippen LogP contribution in [0.5, 0.6) is 0 Å². The van der Waals surface area contributed by atoms with Crippen molar-refractivity contribution in [2.45, 2.75) is 31.8 Å². The number of aromatic nitrogens is 3. The number of nitrogens with one attached hydrogen (secondary N) is 2. The second-order valence-electron chi connectivity index (χ2n) is 7.04. The lowest BCUT2D eigenvalue weighted by molar-refractivity contribution is -0.139. The van der Waals surface area contributed by atoms with Gasteiger partial charge in [0, 0.05) is 12.1 Å². The summed E-state index contributed by atoms with van der Waals surface area (Å²) in [5.41, 5.74) is 1.03. The summed E-state index contributed by atoms with van der Waals surface area (Å²) in [6.45, 7) is 2.58. The molecule has 2 aromatic heterocycles. The minimum Gasteiger partial charge on any atom is -0.480 e. The number of nitrogens with zero attached hydrogens (tertiary/aromatic N) is 3. The molecule has 3 aromatic rings. The normalized spacial score (nSPS) is 19.1. The predicted octanol–water partition coefficient (Wildman–Crippen LogP) is 0.843. The van der Waals surface area contributed by atoms with E-state index < -0.39 is 5.97 Å². The average molecular weight is 383 g/mol. The molecule has 0 bridgehead atoms. The van der Waals surface area contributed by atoms with E-state index in [0.29, 0.717) is 41.5 Å². The molecule has 0 aliphatic heterocycles. The van der Waals surface area contributed by atoms with Crippen LogP contribution in [-0.2, 0) is 4.79 Å². The fourth-order valence-electron chi connectivity index (χ4n) is 3.78. The van der Waals surface area contributed by atoms with Crippen molar-refractivity contribution >= 4 is 28.4 Å². The Labute approximate surface area is 160 Å². The highest BCUT2D eigenvalue weighted by atomic mass is 16.4. The predicted molar refractivity (Wildman–Crippen MR) is 102 cm³/mol. The Hall–Kier alpha value is -3.20. The number of carbonyl (C=O) groups is 2. The van der Waals surface area contributed by atoms with Gasteiger partial charge in [0.25, 0.3) is 11.5 Å². The smallest absolute Gasteiger partial charge is 0.317 e. The van der Waals surface area contributed by atoms with E-state index in [4.69, 9.17) is 5.11 Å². The van der Waals surface area contributed by atoms with Crippen molar-refractivity contribution in [2.24, 2.45) is 0 Å². The fraction of sp³-hybridized carbons (Fsp3) is 0.368. The van der Waals surface area contributed by atoms with Crippen LogP contribution in [0.4, 0.5) is 0 Å². The number of rotatable bonds is 6. The fourth-order valence-corrected chi connectivity index (χ4v) is 3.78. The van der Waals surface area contributed by atoms with Crippen molar-refractivity contribution in [2.75, 3.05) is 13.1 Å². The average Bonchev–Trinajstić information content (AvgIpc) is 3.06. The van der Waals surface area contributed by atoms with Gasteiger partial charge in [-0.25, -0.2) is 4.52 Å². The molecule has 1 aromatic carbocycles. The molecule has 1 amide bonds. The maximum absolute atomic E-state index is 12.7. The molecule has 2 heterocycles. The molecule has 1 aliphatic rings. The maximum Gasteiger partial charge on any atom is 0.317 e. The standard InChI is InChI=1S/C19H21N5O4/c1-2-23(10-16(25)26)12-7-11(8-12)21-19(28)14-9-20-24-15-6-4-3-5-13(15)18(27)22-17(14)24/h3-6,9,11-12H,2,7-8,10H2,1H3,(H,21,28)(H,22,27)(H,25,26). The van der Waals surface area contributed by atoms with Crippen LogP contribution >= 0.6 is 0 Å². The van der Waals surface area contributed by atoms with Crippen LogP contribution < -0.4 is 10.9 Å². The summed E-state index contributed by atoms with van der Waals surface area (Å²) >= 11 is 0. The first-order chi connectivity index (χ1) is 13.5. The zero-order valence-corrected chi connectivity index (χ0v) is 15.4. The molecule has 0 atom stereocenters. The molecule has 28 heavy (non-hydrogen) atoms. The molecule has 0 unspecified atom stereocenters. The molecule has 0 saturated heterocycles. The van der Waals surface area contributed by atoms with Crippen LogP contribution in [0.15, 0.2) is 35.3 Å². The molecule has 146 valence electrons. The van der Waals surface area contributed by atoms with Gasteiger partial charge in [-0.1, -0.05) is 19.1 Å². The number of H-pyrrole nitrogens is 1. The highest BCUT2D eigenvalue weighted by Crippen LogP contribution is 2.26. The number of carboxylic acids is 1. The number of carboxylic acid groups (broad SMARTS) is 1. The third-order valence-corrected chi connectivity index (χ3v) is 5.33. The summed E-state index contributed by atoms with van der Waals surface area (Å²) in [5, 5.41) is 16.7. The number of aliphatic carboxylic acids is 1. The van der Waals surface area contributed by atoms with Crippen LogP contribution in [0.1, 0.15) is 30.1 Å². The highest BCUT2D eigenvalue weighted by molar-refractivity contribution is 6.00. The quantitative estimate of drug-likeness (QED) is 0.580. The number of para-hydroxylation sites is 1. The van der Waals surface area contributed by atoms with Crippen molar-refractivity contribution in [3.05, 3.63) is 46.4 Å². The van der Waals surface area contributed by atoms with Gasteiger partial charge in [-0.3, -0.25) is 19.3 Å². The Morgan fingerprint density at radius 1 is 1.36 bits per heavy atom. The second kappa shape index (κ2) is 7.08. The van der Waals surface area contributed by atoms with Gasteiger partial charge in [0.1, 0.15) is 11.2 Å². The Bertz CT molecular complexity index is 1110. The van der Waals surface area contributed by atoms with E-state index in [0.717, 1.165) is 0 Å². The van der Waals surface area contributed by atoms with E-state index >= 15 is 0 Å². The summed E-state index contributed by atoms with van der Waals surface area (Å²) in [6.07, 6.45) is 2.85. The van der Waals surface area contributed by atoms with Gasteiger partial charge < -0.3 is 15.4 Å². The van der Waals surface area contributed by atoms with E-state index in [-0.39, 0.29) is 30.1 Å². The number of hydrogen-bond acceptors (Lipinski definition) is 5. The number of amides is 1. The molecule has 9 nitrogen and oxygen atoms in total. The molecule has 1 fully saturated rings. The largest absolute Gasteiger partial charge is 0.480 e. The van der Waals surface area contributed by atoms with Gasteiger partial charge in [-0.05, 0) is 31.5 Å². The van der Waals surface area contributed by atoms with Gasteiger partial charge in [0.05, 0.1) is 23.6 Å². The maximum atomic E-state index is 12.7.